The van der Waals surface area contributed by atoms with Gasteiger partial charge in [-0.15, -0.1) is 0 Å². The van der Waals surface area contributed by atoms with Crippen molar-refractivity contribution in [1.82, 2.24) is 5.32 Å². The SMILES string of the molecule is COCCOCCOCCNCC1(OC)CCOC1. The van der Waals surface area contributed by atoms with E-state index in [2.05, 4.69) is 5.32 Å². The van der Waals surface area contributed by atoms with Crippen LogP contribution in [0.2, 0.25) is 0 Å². The average molecular weight is 277 g/mol. The molecule has 0 aromatic heterocycles. The second-order valence-corrected chi connectivity index (χ2v) is 4.58. The van der Waals surface area contributed by atoms with Gasteiger partial charge in [0, 0.05) is 40.3 Å². The minimum atomic E-state index is -0.150. The second-order valence-electron chi connectivity index (χ2n) is 4.58. The van der Waals surface area contributed by atoms with E-state index in [4.69, 9.17) is 23.7 Å². The van der Waals surface area contributed by atoms with Crippen LogP contribution in [0.15, 0.2) is 0 Å². The molecule has 0 spiro atoms. The molecule has 1 rings (SSSR count). The topological polar surface area (TPSA) is 58.2 Å². The molecule has 0 aromatic rings. The maximum Gasteiger partial charge on any atom is 0.106 e. The molecule has 1 unspecified atom stereocenters. The predicted molar refractivity (Wildman–Crippen MR) is 71.6 cm³/mol. The van der Waals surface area contributed by atoms with Crippen LogP contribution in [-0.4, -0.2) is 79.2 Å². The maximum absolute atomic E-state index is 5.52. The van der Waals surface area contributed by atoms with Gasteiger partial charge in [-0.05, 0) is 0 Å². The van der Waals surface area contributed by atoms with E-state index in [1.807, 2.05) is 0 Å². The zero-order valence-corrected chi connectivity index (χ0v) is 12.1. The van der Waals surface area contributed by atoms with Gasteiger partial charge in [-0.1, -0.05) is 0 Å². The summed E-state index contributed by atoms with van der Waals surface area (Å²) in [5.41, 5.74) is -0.150. The largest absolute Gasteiger partial charge is 0.382 e. The van der Waals surface area contributed by atoms with Gasteiger partial charge in [0.15, 0.2) is 0 Å². The highest BCUT2D eigenvalue weighted by Gasteiger charge is 2.34. The molecule has 1 aliphatic heterocycles. The van der Waals surface area contributed by atoms with Gasteiger partial charge in [0.05, 0.1) is 39.6 Å². The third-order valence-electron chi connectivity index (χ3n) is 3.17. The van der Waals surface area contributed by atoms with E-state index in [1.165, 1.54) is 0 Å². The Bertz CT molecular complexity index is 209. The second kappa shape index (κ2) is 10.5. The molecule has 0 radical (unpaired) electrons. The highest BCUT2D eigenvalue weighted by atomic mass is 16.6. The van der Waals surface area contributed by atoms with E-state index in [9.17, 15) is 0 Å². The lowest BCUT2D eigenvalue weighted by atomic mass is 10.0. The van der Waals surface area contributed by atoms with Crippen molar-refractivity contribution < 1.29 is 23.7 Å². The molecule has 114 valence electrons. The zero-order chi connectivity index (χ0) is 13.8. The summed E-state index contributed by atoms with van der Waals surface area (Å²) in [5.74, 6) is 0. The summed E-state index contributed by atoms with van der Waals surface area (Å²) in [6.07, 6.45) is 0.949. The van der Waals surface area contributed by atoms with Crippen LogP contribution in [-0.2, 0) is 23.7 Å². The Morgan fingerprint density at radius 3 is 2.42 bits per heavy atom. The molecule has 6 heteroatoms. The zero-order valence-electron chi connectivity index (χ0n) is 12.1. The molecule has 0 amide bonds. The van der Waals surface area contributed by atoms with Gasteiger partial charge >= 0.3 is 0 Å². The van der Waals surface area contributed by atoms with Crippen LogP contribution in [0, 0.1) is 0 Å². The fourth-order valence-electron chi connectivity index (χ4n) is 1.89. The summed E-state index contributed by atoms with van der Waals surface area (Å²) in [5, 5.41) is 3.34. The molecule has 1 heterocycles. The van der Waals surface area contributed by atoms with Gasteiger partial charge in [0.25, 0.3) is 0 Å². The monoisotopic (exact) mass is 277 g/mol. The van der Waals surface area contributed by atoms with E-state index in [1.54, 1.807) is 14.2 Å². The molecule has 1 aliphatic rings. The lowest BCUT2D eigenvalue weighted by Crippen LogP contribution is -2.43. The first-order valence-electron chi connectivity index (χ1n) is 6.81. The standard InChI is InChI=1S/C13H27NO5/c1-15-7-8-18-10-9-17-6-4-14-11-13(16-2)3-5-19-12-13/h14H,3-12H2,1-2H3. The predicted octanol–water partition coefficient (Wildman–Crippen LogP) is 0.0611. The van der Waals surface area contributed by atoms with E-state index < -0.39 is 0 Å². The van der Waals surface area contributed by atoms with Crippen molar-refractivity contribution in [3.05, 3.63) is 0 Å². The molecular weight excluding hydrogens is 250 g/mol. The molecule has 0 saturated carbocycles. The average Bonchev–Trinajstić information content (AvgIpc) is 2.90. The number of nitrogens with one attached hydrogen (secondary N) is 1. The van der Waals surface area contributed by atoms with E-state index in [0.717, 1.165) is 26.1 Å². The fourth-order valence-corrected chi connectivity index (χ4v) is 1.89. The molecule has 0 aliphatic carbocycles. The maximum atomic E-state index is 5.52. The normalized spacial score (nSPS) is 23.1. The first-order chi connectivity index (χ1) is 9.33. The first-order valence-corrected chi connectivity index (χ1v) is 6.81. The number of hydrogen-bond donors (Lipinski definition) is 1. The van der Waals surface area contributed by atoms with Crippen LogP contribution in [0.25, 0.3) is 0 Å². The molecule has 0 aromatic carbocycles. The summed E-state index contributed by atoms with van der Waals surface area (Å²) in [4.78, 5) is 0. The highest BCUT2D eigenvalue weighted by Crippen LogP contribution is 2.21. The minimum absolute atomic E-state index is 0.150. The van der Waals surface area contributed by atoms with Gasteiger partial charge in [-0.2, -0.15) is 0 Å². The Kier molecular flexibility index (Phi) is 9.32. The summed E-state index contributed by atoms with van der Waals surface area (Å²) in [6, 6.07) is 0. The van der Waals surface area contributed by atoms with Gasteiger partial charge in [0.2, 0.25) is 0 Å². The number of hydrogen-bond acceptors (Lipinski definition) is 6. The third-order valence-corrected chi connectivity index (χ3v) is 3.17. The van der Waals surface area contributed by atoms with Crippen molar-refractivity contribution in [2.24, 2.45) is 0 Å². The van der Waals surface area contributed by atoms with Crippen LogP contribution >= 0.6 is 0 Å². The Morgan fingerprint density at radius 1 is 1.05 bits per heavy atom. The highest BCUT2D eigenvalue weighted by molar-refractivity contribution is 4.86. The molecular formula is C13H27NO5. The van der Waals surface area contributed by atoms with Crippen molar-refractivity contribution >= 4 is 0 Å². The summed E-state index contributed by atoms with van der Waals surface area (Å²) in [6.45, 7) is 6.21. The van der Waals surface area contributed by atoms with Crippen molar-refractivity contribution in [3.8, 4) is 0 Å². The Morgan fingerprint density at radius 2 is 1.79 bits per heavy atom. The summed E-state index contributed by atoms with van der Waals surface area (Å²) < 4.78 is 26.5. The summed E-state index contributed by atoms with van der Waals surface area (Å²) in [7, 11) is 3.40. The quantitative estimate of drug-likeness (QED) is 0.509. The molecule has 1 N–H and O–H groups in total. The van der Waals surface area contributed by atoms with E-state index in [-0.39, 0.29) is 5.60 Å². The lowest BCUT2D eigenvalue weighted by Gasteiger charge is -2.25. The molecule has 1 saturated heterocycles. The van der Waals surface area contributed by atoms with Crippen molar-refractivity contribution in [2.45, 2.75) is 12.0 Å². The molecule has 1 atom stereocenters. The van der Waals surface area contributed by atoms with Crippen LogP contribution < -0.4 is 5.32 Å². The third kappa shape index (κ3) is 7.20. The number of ether oxygens (including phenoxy) is 5. The first kappa shape index (κ1) is 16.8. The van der Waals surface area contributed by atoms with E-state index in [0.29, 0.717) is 39.6 Å². The van der Waals surface area contributed by atoms with Gasteiger partial charge in [0.1, 0.15) is 5.60 Å². The van der Waals surface area contributed by atoms with Gasteiger partial charge in [-0.25, -0.2) is 0 Å². The van der Waals surface area contributed by atoms with Crippen molar-refractivity contribution in [2.75, 3.05) is 73.6 Å². The Labute approximate surface area is 115 Å². The lowest BCUT2D eigenvalue weighted by molar-refractivity contribution is -0.0175. The van der Waals surface area contributed by atoms with Crippen LogP contribution in [0.3, 0.4) is 0 Å². The van der Waals surface area contributed by atoms with Crippen LogP contribution in [0.4, 0.5) is 0 Å². The van der Waals surface area contributed by atoms with Crippen molar-refractivity contribution in [3.63, 3.8) is 0 Å². The Balaban J connectivity index is 1.85. The van der Waals surface area contributed by atoms with Crippen molar-refractivity contribution in [1.29, 1.82) is 0 Å². The minimum Gasteiger partial charge on any atom is -0.382 e. The number of rotatable bonds is 12. The van der Waals surface area contributed by atoms with Crippen LogP contribution in [0.5, 0.6) is 0 Å². The summed E-state index contributed by atoms with van der Waals surface area (Å²) >= 11 is 0. The fraction of sp³-hybridized carbons (Fsp3) is 1.00. The van der Waals surface area contributed by atoms with Crippen LogP contribution in [0.1, 0.15) is 6.42 Å². The smallest absolute Gasteiger partial charge is 0.106 e. The molecule has 1 fully saturated rings. The Hall–Kier alpha value is -0.240. The molecule has 6 nitrogen and oxygen atoms in total. The van der Waals surface area contributed by atoms with Gasteiger partial charge < -0.3 is 29.0 Å². The molecule has 19 heavy (non-hydrogen) atoms. The molecule has 0 bridgehead atoms. The van der Waals surface area contributed by atoms with Gasteiger partial charge in [-0.3, -0.25) is 0 Å². The number of methoxy groups -OCH3 is 2. The van der Waals surface area contributed by atoms with E-state index >= 15 is 0 Å².